The second-order valence-corrected chi connectivity index (χ2v) is 5.10. The molecule has 0 unspecified atom stereocenters. The van der Waals surface area contributed by atoms with Gasteiger partial charge in [0.15, 0.2) is 5.89 Å². The Morgan fingerprint density at radius 1 is 1.47 bits per heavy atom. The van der Waals surface area contributed by atoms with Gasteiger partial charge in [0.05, 0.1) is 11.8 Å². The van der Waals surface area contributed by atoms with Crippen LogP contribution in [0.1, 0.15) is 35.0 Å². The highest BCUT2D eigenvalue weighted by atomic mass is 16.4. The van der Waals surface area contributed by atoms with Gasteiger partial charge in [-0.15, -0.1) is 0 Å². The molecule has 0 atom stereocenters. The smallest absolute Gasteiger partial charge is 0.290 e. The monoisotopic (exact) mass is 262 g/mol. The van der Waals surface area contributed by atoms with Crippen LogP contribution in [0.2, 0.25) is 0 Å². The highest BCUT2D eigenvalue weighted by Crippen LogP contribution is 2.22. The van der Waals surface area contributed by atoms with E-state index in [1.54, 1.807) is 13.8 Å². The fraction of sp³-hybridized carbons (Fsp3) is 0.615. The fourth-order valence-corrected chi connectivity index (χ4v) is 2.28. The van der Waals surface area contributed by atoms with Crippen LogP contribution in [-0.4, -0.2) is 41.5 Å². The second kappa shape index (κ2) is 5.02. The molecule has 0 aliphatic carbocycles. The summed E-state index contributed by atoms with van der Waals surface area (Å²) in [7, 11) is 2.01. The van der Waals surface area contributed by atoms with Crippen LogP contribution in [-0.2, 0) is 0 Å². The molecule has 19 heavy (non-hydrogen) atoms. The minimum absolute atomic E-state index is 0.200. The van der Waals surface area contributed by atoms with Gasteiger partial charge in [-0.2, -0.15) is 5.26 Å². The molecule has 0 saturated carbocycles. The zero-order valence-corrected chi connectivity index (χ0v) is 11.5. The summed E-state index contributed by atoms with van der Waals surface area (Å²) in [5, 5.41) is 12.2. The number of carbonyl (C=O) groups excluding carboxylic acids is 1. The minimum Gasteiger partial charge on any atom is -0.436 e. The van der Waals surface area contributed by atoms with Crippen LogP contribution in [0.5, 0.6) is 0 Å². The summed E-state index contributed by atoms with van der Waals surface area (Å²) in [6.45, 7) is 5.00. The quantitative estimate of drug-likeness (QED) is 0.860. The van der Waals surface area contributed by atoms with Gasteiger partial charge in [-0.3, -0.25) is 4.79 Å². The molecule has 6 heteroatoms. The summed E-state index contributed by atoms with van der Waals surface area (Å²) in [6, 6.07) is 2.24. The highest BCUT2D eigenvalue weighted by Gasteiger charge is 2.36. The molecule has 0 radical (unpaired) electrons. The molecule has 0 aromatic carbocycles. The van der Waals surface area contributed by atoms with E-state index < -0.39 is 5.54 Å². The average Bonchev–Trinajstić information content (AvgIpc) is 2.72. The SMILES string of the molecule is Cc1nc(C)c(C(=O)NC2(C#N)CCN(C)CC2)o1. The highest BCUT2D eigenvalue weighted by molar-refractivity contribution is 5.93. The van der Waals surface area contributed by atoms with Gasteiger partial charge in [-0.1, -0.05) is 0 Å². The lowest BCUT2D eigenvalue weighted by molar-refractivity contribution is 0.0851. The number of likely N-dealkylation sites (tertiary alicyclic amines) is 1. The largest absolute Gasteiger partial charge is 0.436 e. The minimum atomic E-state index is -0.795. The first-order valence-electron chi connectivity index (χ1n) is 6.32. The van der Waals surface area contributed by atoms with Crippen molar-refractivity contribution in [2.24, 2.45) is 0 Å². The van der Waals surface area contributed by atoms with Gasteiger partial charge in [0.1, 0.15) is 5.54 Å². The molecule has 102 valence electrons. The van der Waals surface area contributed by atoms with Crippen LogP contribution in [0, 0.1) is 25.2 Å². The van der Waals surface area contributed by atoms with Crippen molar-refractivity contribution in [2.75, 3.05) is 20.1 Å². The summed E-state index contributed by atoms with van der Waals surface area (Å²) in [5.74, 6) is 0.298. The van der Waals surface area contributed by atoms with Crippen LogP contribution in [0.4, 0.5) is 0 Å². The van der Waals surface area contributed by atoms with E-state index in [4.69, 9.17) is 4.42 Å². The van der Waals surface area contributed by atoms with Crippen molar-refractivity contribution in [1.82, 2.24) is 15.2 Å². The molecule has 1 saturated heterocycles. The molecule has 2 heterocycles. The van der Waals surface area contributed by atoms with Crippen LogP contribution < -0.4 is 5.32 Å². The van der Waals surface area contributed by atoms with Gasteiger partial charge in [-0.25, -0.2) is 4.98 Å². The average molecular weight is 262 g/mol. The normalized spacial score (nSPS) is 18.8. The molecular formula is C13H18N4O2. The molecule has 0 bridgehead atoms. The van der Waals surface area contributed by atoms with Gasteiger partial charge >= 0.3 is 0 Å². The standard InChI is InChI=1S/C13H18N4O2/c1-9-11(19-10(2)15-9)12(18)16-13(8-14)4-6-17(3)7-5-13/h4-7H2,1-3H3,(H,16,18). The van der Waals surface area contributed by atoms with E-state index >= 15 is 0 Å². The first kappa shape index (κ1) is 13.6. The Labute approximate surface area is 112 Å². The number of oxazole rings is 1. The van der Waals surface area contributed by atoms with Gasteiger partial charge in [0.2, 0.25) is 5.76 Å². The number of nitriles is 1. The Bertz CT molecular complexity index is 521. The molecule has 0 spiro atoms. The van der Waals surface area contributed by atoms with E-state index in [0.29, 0.717) is 24.4 Å². The van der Waals surface area contributed by atoms with Crippen molar-refractivity contribution >= 4 is 5.91 Å². The summed E-state index contributed by atoms with van der Waals surface area (Å²) < 4.78 is 5.29. The maximum atomic E-state index is 12.2. The first-order valence-corrected chi connectivity index (χ1v) is 6.32. The number of hydrogen-bond acceptors (Lipinski definition) is 5. The van der Waals surface area contributed by atoms with E-state index in [-0.39, 0.29) is 11.7 Å². The van der Waals surface area contributed by atoms with E-state index in [1.807, 2.05) is 7.05 Å². The van der Waals surface area contributed by atoms with Crippen molar-refractivity contribution in [3.05, 3.63) is 17.3 Å². The lowest BCUT2D eigenvalue weighted by atomic mass is 9.89. The summed E-state index contributed by atoms with van der Waals surface area (Å²) in [5.41, 5.74) is -0.243. The van der Waals surface area contributed by atoms with Crippen molar-refractivity contribution in [3.63, 3.8) is 0 Å². The van der Waals surface area contributed by atoms with Crippen molar-refractivity contribution in [3.8, 4) is 6.07 Å². The zero-order chi connectivity index (χ0) is 14.0. The van der Waals surface area contributed by atoms with Gasteiger partial charge < -0.3 is 14.6 Å². The van der Waals surface area contributed by atoms with Crippen molar-refractivity contribution in [2.45, 2.75) is 32.2 Å². The molecular weight excluding hydrogens is 244 g/mol. The number of nitrogens with one attached hydrogen (secondary N) is 1. The number of hydrogen-bond donors (Lipinski definition) is 1. The van der Waals surface area contributed by atoms with Crippen LogP contribution in [0.15, 0.2) is 4.42 Å². The molecule has 1 amide bonds. The molecule has 1 N–H and O–H groups in total. The van der Waals surface area contributed by atoms with Gasteiger partial charge in [0.25, 0.3) is 5.91 Å². The number of rotatable bonds is 2. The lowest BCUT2D eigenvalue weighted by Gasteiger charge is -2.35. The zero-order valence-electron chi connectivity index (χ0n) is 11.5. The molecule has 1 aromatic rings. The van der Waals surface area contributed by atoms with Crippen LogP contribution in [0.3, 0.4) is 0 Å². The summed E-state index contributed by atoms with van der Waals surface area (Å²) >= 11 is 0. The van der Waals surface area contributed by atoms with E-state index in [1.165, 1.54) is 0 Å². The number of piperidine rings is 1. The van der Waals surface area contributed by atoms with E-state index in [2.05, 4.69) is 21.3 Å². The second-order valence-electron chi connectivity index (χ2n) is 5.10. The number of aryl methyl sites for hydroxylation is 2. The Balaban J connectivity index is 2.13. The first-order chi connectivity index (χ1) is 8.96. The number of nitrogens with zero attached hydrogens (tertiary/aromatic N) is 3. The fourth-order valence-electron chi connectivity index (χ4n) is 2.28. The Kier molecular flexibility index (Phi) is 3.58. The third-order valence-electron chi connectivity index (χ3n) is 3.52. The third kappa shape index (κ3) is 2.76. The maximum Gasteiger partial charge on any atom is 0.290 e. The summed E-state index contributed by atoms with van der Waals surface area (Å²) in [6.07, 6.45) is 1.25. The van der Waals surface area contributed by atoms with Gasteiger partial charge in [-0.05, 0) is 26.8 Å². The van der Waals surface area contributed by atoms with Gasteiger partial charge in [0, 0.05) is 20.0 Å². The molecule has 1 aromatic heterocycles. The van der Waals surface area contributed by atoms with Crippen molar-refractivity contribution in [1.29, 1.82) is 5.26 Å². The maximum absolute atomic E-state index is 12.2. The lowest BCUT2D eigenvalue weighted by Crippen LogP contribution is -2.53. The Hall–Kier alpha value is -1.87. The Morgan fingerprint density at radius 2 is 2.11 bits per heavy atom. The van der Waals surface area contributed by atoms with Crippen LogP contribution in [0.25, 0.3) is 0 Å². The predicted molar refractivity (Wildman–Crippen MR) is 68.5 cm³/mol. The third-order valence-corrected chi connectivity index (χ3v) is 3.52. The van der Waals surface area contributed by atoms with Crippen molar-refractivity contribution < 1.29 is 9.21 Å². The molecule has 6 nitrogen and oxygen atoms in total. The number of carbonyl (C=O) groups is 1. The molecule has 2 rings (SSSR count). The Morgan fingerprint density at radius 3 is 2.58 bits per heavy atom. The predicted octanol–water partition coefficient (Wildman–Crippen LogP) is 1.01. The summed E-state index contributed by atoms with van der Waals surface area (Å²) in [4.78, 5) is 18.4. The number of aromatic nitrogens is 1. The molecule has 1 aliphatic heterocycles. The number of amides is 1. The van der Waals surface area contributed by atoms with E-state index in [0.717, 1.165) is 13.1 Å². The molecule has 1 fully saturated rings. The topological polar surface area (TPSA) is 82.2 Å². The van der Waals surface area contributed by atoms with Crippen LogP contribution >= 0.6 is 0 Å². The molecule has 1 aliphatic rings. The van der Waals surface area contributed by atoms with E-state index in [9.17, 15) is 10.1 Å².